The Labute approximate surface area is 110 Å². The van der Waals surface area contributed by atoms with Gasteiger partial charge in [-0.2, -0.15) is 0 Å². The molecule has 1 aromatic carbocycles. The Morgan fingerprint density at radius 2 is 1.94 bits per heavy atom. The third kappa shape index (κ3) is 2.91. The first-order valence-electron chi connectivity index (χ1n) is 5.30. The molecule has 1 aromatic rings. The lowest BCUT2D eigenvalue weighted by molar-refractivity contribution is 0.172. The molecule has 4 nitrogen and oxygen atoms in total. The maximum absolute atomic E-state index is 10.0. The fraction of sp³-hybridized carbons (Fsp3) is 0.500. The topological polar surface area (TPSA) is 50.7 Å². The van der Waals surface area contributed by atoms with Gasteiger partial charge in [-0.25, -0.2) is 0 Å². The minimum absolute atomic E-state index is 0.453. The maximum atomic E-state index is 10.0. The fourth-order valence-electron chi connectivity index (χ4n) is 1.73. The zero-order valence-electron chi connectivity index (χ0n) is 10.5. The van der Waals surface area contributed by atoms with Gasteiger partial charge in [-0.05, 0) is 20.0 Å². The third-order valence-corrected chi connectivity index (χ3v) is 3.44. The molecule has 17 heavy (non-hydrogen) atoms. The van der Waals surface area contributed by atoms with Crippen LogP contribution in [0.3, 0.4) is 0 Å². The maximum Gasteiger partial charge on any atom is 0.166 e. The molecule has 1 rings (SSSR count). The summed E-state index contributed by atoms with van der Waals surface area (Å²) in [6.07, 6.45) is -0.638. The van der Waals surface area contributed by atoms with Crippen LogP contribution >= 0.6 is 15.9 Å². The van der Waals surface area contributed by atoms with Crippen molar-refractivity contribution in [2.45, 2.75) is 13.0 Å². The van der Waals surface area contributed by atoms with Crippen molar-refractivity contribution in [3.8, 4) is 11.5 Å². The van der Waals surface area contributed by atoms with Gasteiger partial charge in [0.1, 0.15) is 0 Å². The Morgan fingerprint density at radius 3 is 2.41 bits per heavy atom. The minimum atomic E-state index is -0.638. The van der Waals surface area contributed by atoms with Crippen LogP contribution in [-0.2, 0) is 0 Å². The second-order valence-corrected chi connectivity index (χ2v) is 4.57. The Bertz CT molecular complexity index is 396. The summed E-state index contributed by atoms with van der Waals surface area (Å²) < 4.78 is 11.6. The van der Waals surface area contributed by atoms with E-state index < -0.39 is 6.10 Å². The average molecular weight is 304 g/mol. The van der Waals surface area contributed by atoms with E-state index in [0.29, 0.717) is 23.6 Å². The van der Waals surface area contributed by atoms with Gasteiger partial charge < -0.3 is 19.9 Å². The van der Waals surface area contributed by atoms with Crippen LogP contribution in [0.15, 0.2) is 10.5 Å². The van der Waals surface area contributed by atoms with E-state index in [4.69, 9.17) is 9.47 Å². The summed E-state index contributed by atoms with van der Waals surface area (Å²) in [5.74, 6) is 1.22. The first-order chi connectivity index (χ1) is 8.06. The molecule has 0 saturated carbocycles. The number of hydrogen-bond acceptors (Lipinski definition) is 4. The number of halogens is 1. The van der Waals surface area contributed by atoms with Gasteiger partial charge in [0.2, 0.25) is 0 Å². The zero-order chi connectivity index (χ0) is 13.0. The highest BCUT2D eigenvalue weighted by atomic mass is 79.9. The molecule has 0 spiro atoms. The molecule has 5 heteroatoms. The number of aliphatic hydroxyl groups is 1. The highest BCUT2D eigenvalue weighted by molar-refractivity contribution is 9.10. The molecule has 0 amide bonds. The number of nitrogens with one attached hydrogen (secondary N) is 1. The first-order valence-corrected chi connectivity index (χ1v) is 6.09. The van der Waals surface area contributed by atoms with E-state index in [1.54, 1.807) is 21.3 Å². The molecular formula is C12H18BrNO3. The second-order valence-electron chi connectivity index (χ2n) is 3.71. The second kappa shape index (κ2) is 6.23. The van der Waals surface area contributed by atoms with Gasteiger partial charge in [0, 0.05) is 22.1 Å². The van der Waals surface area contributed by atoms with Crippen LogP contribution in [0.1, 0.15) is 17.2 Å². The van der Waals surface area contributed by atoms with Crippen LogP contribution in [0.5, 0.6) is 11.5 Å². The summed E-state index contributed by atoms with van der Waals surface area (Å²) in [7, 11) is 4.95. The summed E-state index contributed by atoms with van der Waals surface area (Å²) in [5, 5.41) is 13.0. The van der Waals surface area contributed by atoms with Crippen molar-refractivity contribution in [1.82, 2.24) is 5.32 Å². The average Bonchev–Trinajstić information content (AvgIpc) is 2.32. The quantitative estimate of drug-likeness (QED) is 0.874. The van der Waals surface area contributed by atoms with Gasteiger partial charge in [0.25, 0.3) is 0 Å². The Kier molecular flexibility index (Phi) is 5.24. The van der Waals surface area contributed by atoms with Gasteiger partial charge in [-0.1, -0.05) is 15.9 Å². The molecule has 0 bridgehead atoms. The standard InChI is InChI=1S/C12H18BrNO3/c1-7-9(13)5-8(10(15)6-14-2)12(17-4)11(7)16-3/h5,10,14-15H,6H2,1-4H3. The SMILES string of the molecule is CNCC(O)c1cc(Br)c(C)c(OC)c1OC. The van der Waals surface area contributed by atoms with Crippen LogP contribution in [0.4, 0.5) is 0 Å². The summed E-state index contributed by atoms with van der Waals surface area (Å²) in [6.45, 7) is 2.38. The summed E-state index contributed by atoms with van der Waals surface area (Å²) in [5.41, 5.74) is 1.65. The Morgan fingerprint density at radius 1 is 1.35 bits per heavy atom. The fourth-order valence-corrected chi connectivity index (χ4v) is 2.15. The van der Waals surface area contributed by atoms with Crippen molar-refractivity contribution in [2.75, 3.05) is 27.8 Å². The Hall–Kier alpha value is -0.780. The van der Waals surface area contributed by atoms with E-state index in [9.17, 15) is 5.11 Å². The number of rotatable bonds is 5. The normalized spacial score (nSPS) is 12.4. The van der Waals surface area contributed by atoms with E-state index >= 15 is 0 Å². The molecule has 2 N–H and O–H groups in total. The lowest BCUT2D eigenvalue weighted by atomic mass is 10.0. The van der Waals surface area contributed by atoms with Gasteiger partial charge in [0.05, 0.1) is 20.3 Å². The first kappa shape index (κ1) is 14.3. The molecule has 1 unspecified atom stereocenters. The molecular weight excluding hydrogens is 286 g/mol. The van der Waals surface area contributed by atoms with E-state index in [0.717, 1.165) is 10.0 Å². The molecule has 0 aromatic heterocycles. The van der Waals surface area contributed by atoms with Crippen molar-refractivity contribution < 1.29 is 14.6 Å². The van der Waals surface area contributed by atoms with E-state index in [-0.39, 0.29) is 0 Å². The van der Waals surface area contributed by atoms with E-state index in [1.807, 2.05) is 13.0 Å². The molecule has 0 saturated heterocycles. The smallest absolute Gasteiger partial charge is 0.166 e. The van der Waals surface area contributed by atoms with Crippen molar-refractivity contribution in [3.05, 3.63) is 21.7 Å². The number of likely N-dealkylation sites (N-methyl/N-ethyl adjacent to an activating group) is 1. The number of methoxy groups -OCH3 is 2. The summed E-state index contributed by atoms with van der Waals surface area (Å²) in [4.78, 5) is 0. The van der Waals surface area contributed by atoms with Crippen molar-refractivity contribution in [3.63, 3.8) is 0 Å². The van der Waals surface area contributed by atoms with Crippen LogP contribution in [-0.4, -0.2) is 32.9 Å². The van der Waals surface area contributed by atoms with Gasteiger partial charge >= 0.3 is 0 Å². The highest BCUT2D eigenvalue weighted by Crippen LogP contribution is 2.41. The number of benzene rings is 1. The Balaban J connectivity index is 3.33. The number of hydrogen-bond donors (Lipinski definition) is 2. The molecule has 0 aliphatic rings. The van der Waals surface area contributed by atoms with Gasteiger partial charge in [0.15, 0.2) is 11.5 Å². The number of aliphatic hydroxyl groups excluding tert-OH is 1. The third-order valence-electron chi connectivity index (χ3n) is 2.61. The largest absolute Gasteiger partial charge is 0.493 e. The highest BCUT2D eigenvalue weighted by Gasteiger charge is 2.20. The molecule has 0 aliphatic carbocycles. The van der Waals surface area contributed by atoms with Crippen LogP contribution in [0, 0.1) is 6.92 Å². The summed E-state index contributed by atoms with van der Waals surface area (Å²) in [6, 6.07) is 1.86. The van der Waals surface area contributed by atoms with Crippen LogP contribution < -0.4 is 14.8 Å². The van der Waals surface area contributed by atoms with Crippen molar-refractivity contribution in [2.24, 2.45) is 0 Å². The summed E-state index contributed by atoms with van der Waals surface area (Å²) >= 11 is 3.45. The van der Waals surface area contributed by atoms with E-state index in [1.165, 1.54) is 0 Å². The molecule has 0 fully saturated rings. The zero-order valence-corrected chi connectivity index (χ0v) is 12.1. The molecule has 0 aliphatic heterocycles. The molecule has 96 valence electrons. The molecule has 0 heterocycles. The van der Waals surface area contributed by atoms with Gasteiger partial charge in [-0.15, -0.1) is 0 Å². The predicted octanol–water partition coefficient (Wildman–Crippen LogP) is 2.03. The van der Waals surface area contributed by atoms with Crippen molar-refractivity contribution in [1.29, 1.82) is 0 Å². The predicted molar refractivity (Wildman–Crippen MR) is 70.9 cm³/mol. The monoisotopic (exact) mass is 303 g/mol. The lowest BCUT2D eigenvalue weighted by Crippen LogP contribution is -2.17. The van der Waals surface area contributed by atoms with E-state index in [2.05, 4.69) is 21.2 Å². The minimum Gasteiger partial charge on any atom is -0.493 e. The number of ether oxygens (including phenoxy) is 2. The lowest BCUT2D eigenvalue weighted by Gasteiger charge is -2.19. The van der Waals surface area contributed by atoms with Gasteiger partial charge in [-0.3, -0.25) is 0 Å². The van der Waals surface area contributed by atoms with Crippen LogP contribution in [0.25, 0.3) is 0 Å². The van der Waals surface area contributed by atoms with Crippen molar-refractivity contribution >= 4 is 15.9 Å². The molecule has 1 atom stereocenters. The molecule has 0 radical (unpaired) electrons. The van der Waals surface area contributed by atoms with Crippen LogP contribution in [0.2, 0.25) is 0 Å².